The maximum absolute atomic E-state index is 12.8. The van der Waals surface area contributed by atoms with E-state index in [0.717, 1.165) is 27.0 Å². The molecule has 1 aromatic heterocycles. The summed E-state index contributed by atoms with van der Waals surface area (Å²) in [6, 6.07) is 11.6. The summed E-state index contributed by atoms with van der Waals surface area (Å²) in [5.74, 6) is 0.0618. The molecule has 1 unspecified atom stereocenters. The Balaban J connectivity index is 1.52. The molecular weight excluding hydrogens is 374 g/mol. The van der Waals surface area contributed by atoms with E-state index in [2.05, 4.69) is 10.3 Å². The third-order valence-corrected chi connectivity index (χ3v) is 6.13. The monoisotopic (exact) mass is 395 g/mol. The van der Waals surface area contributed by atoms with Crippen molar-refractivity contribution in [1.29, 1.82) is 0 Å². The molecule has 2 heterocycles. The van der Waals surface area contributed by atoms with E-state index in [4.69, 9.17) is 4.74 Å². The fourth-order valence-electron chi connectivity index (χ4n) is 3.49. The summed E-state index contributed by atoms with van der Waals surface area (Å²) >= 11 is 1.39. The molecule has 1 aliphatic heterocycles. The number of carbonyl (C=O) groups is 2. The van der Waals surface area contributed by atoms with E-state index in [-0.39, 0.29) is 18.2 Å². The van der Waals surface area contributed by atoms with Crippen LogP contribution in [0.4, 0.5) is 10.8 Å². The van der Waals surface area contributed by atoms with Gasteiger partial charge in [-0.15, -0.1) is 0 Å². The average Bonchev–Trinajstić information content (AvgIpc) is 3.26. The van der Waals surface area contributed by atoms with Crippen LogP contribution in [-0.4, -0.2) is 30.5 Å². The van der Waals surface area contributed by atoms with Crippen LogP contribution >= 0.6 is 11.3 Å². The first-order valence-electron chi connectivity index (χ1n) is 9.09. The zero-order valence-corrected chi connectivity index (χ0v) is 16.8. The normalized spacial score (nSPS) is 16.6. The first kappa shape index (κ1) is 18.4. The topological polar surface area (TPSA) is 71.5 Å². The van der Waals surface area contributed by atoms with Gasteiger partial charge in [0.15, 0.2) is 5.13 Å². The van der Waals surface area contributed by atoms with Gasteiger partial charge in [-0.25, -0.2) is 4.98 Å². The highest BCUT2D eigenvalue weighted by atomic mass is 32.1. The molecule has 0 radical (unpaired) electrons. The number of aromatic nitrogens is 1. The Morgan fingerprint density at radius 1 is 1.25 bits per heavy atom. The Hall–Kier alpha value is -2.93. The summed E-state index contributed by atoms with van der Waals surface area (Å²) in [6.45, 7) is 4.40. The zero-order chi connectivity index (χ0) is 19.8. The lowest BCUT2D eigenvalue weighted by Crippen LogP contribution is -2.28. The molecule has 1 atom stereocenters. The number of ether oxygens (including phenoxy) is 1. The van der Waals surface area contributed by atoms with Gasteiger partial charge in [-0.3, -0.25) is 9.59 Å². The average molecular weight is 395 g/mol. The molecule has 0 saturated carbocycles. The molecule has 0 bridgehead atoms. The second-order valence-corrected chi connectivity index (χ2v) is 7.97. The quantitative estimate of drug-likeness (QED) is 0.727. The van der Waals surface area contributed by atoms with Gasteiger partial charge in [0, 0.05) is 18.7 Å². The van der Waals surface area contributed by atoms with Crippen molar-refractivity contribution >= 4 is 44.2 Å². The number of thiazole rings is 1. The standard InChI is InChI=1S/C21H21N3O3S/c1-12-6-4-7-15(13(12)2)24-11-14(10-18(24)25)20(26)23-21-22-19-16(27-3)8-5-9-17(19)28-21/h4-9,14H,10-11H2,1-3H3,(H,22,23,26). The van der Waals surface area contributed by atoms with Gasteiger partial charge in [0.25, 0.3) is 0 Å². The number of para-hydroxylation sites is 1. The van der Waals surface area contributed by atoms with Gasteiger partial charge in [-0.1, -0.05) is 29.5 Å². The van der Waals surface area contributed by atoms with Crippen LogP contribution in [-0.2, 0) is 9.59 Å². The zero-order valence-electron chi connectivity index (χ0n) is 16.0. The summed E-state index contributed by atoms with van der Waals surface area (Å²) in [6.07, 6.45) is 0.202. The van der Waals surface area contributed by atoms with Gasteiger partial charge in [0.1, 0.15) is 11.3 Å². The number of nitrogens with zero attached hydrogens (tertiary/aromatic N) is 2. The van der Waals surface area contributed by atoms with Crippen molar-refractivity contribution < 1.29 is 14.3 Å². The van der Waals surface area contributed by atoms with E-state index in [9.17, 15) is 9.59 Å². The van der Waals surface area contributed by atoms with Gasteiger partial charge in [0.05, 0.1) is 17.7 Å². The Kier molecular flexibility index (Phi) is 4.77. The summed E-state index contributed by atoms with van der Waals surface area (Å²) in [5.41, 5.74) is 3.80. The van der Waals surface area contributed by atoms with Gasteiger partial charge in [0.2, 0.25) is 11.8 Å². The van der Waals surface area contributed by atoms with Crippen molar-refractivity contribution in [3.63, 3.8) is 0 Å². The van der Waals surface area contributed by atoms with Crippen LogP contribution < -0.4 is 15.0 Å². The number of amides is 2. The second kappa shape index (κ2) is 7.24. The number of hydrogen-bond donors (Lipinski definition) is 1. The highest BCUT2D eigenvalue weighted by Gasteiger charge is 2.36. The van der Waals surface area contributed by atoms with E-state index in [1.54, 1.807) is 12.0 Å². The van der Waals surface area contributed by atoms with E-state index in [0.29, 0.717) is 17.4 Å². The predicted molar refractivity (Wildman–Crippen MR) is 111 cm³/mol. The number of fused-ring (bicyclic) bond motifs is 1. The van der Waals surface area contributed by atoms with Crippen LogP contribution in [0.1, 0.15) is 17.5 Å². The molecule has 1 saturated heterocycles. The largest absolute Gasteiger partial charge is 0.494 e. The maximum Gasteiger partial charge on any atom is 0.231 e. The van der Waals surface area contributed by atoms with Crippen LogP contribution in [0.2, 0.25) is 0 Å². The Morgan fingerprint density at radius 2 is 2.04 bits per heavy atom. The summed E-state index contributed by atoms with van der Waals surface area (Å²) in [5, 5.41) is 3.39. The van der Waals surface area contributed by atoms with Gasteiger partial charge in [-0.05, 0) is 43.2 Å². The smallest absolute Gasteiger partial charge is 0.231 e. The van der Waals surface area contributed by atoms with E-state index in [1.165, 1.54) is 11.3 Å². The highest BCUT2D eigenvalue weighted by Crippen LogP contribution is 2.33. The molecule has 1 N–H and O–H groups in total. The van der Waals surface area contributed by atoms with Crippen molar-refractivity contribution in [2.45, 2.75) is 20.3 Å². The van der Waals surface area contributed by atoms with Crippen LogP contribution in [0.3, 0.4) is 0 Å². The Bertz CT molecular complexity index is 1080. The van der Waals surface area contributed by atoms with Crippen molar-refractivity contribution in [3.8, 4) is 5.75 Å². The first-order valence-corrected chi connectivity index (χ1v) is 9.90. The Labute approximate surface area is 167 Å². The minimum Gasteiger partial charge on any atom is -0.494 e. The molecular formula is C21H21N3O3S. The lowest BCUT2D eigenvalue weighted by molar-refractivity contribution is -0.122. The van der Waals surface area contributed by atoms with Crippen LogP contribution in [0, 0.1) is 19.8 Å². The number of hydrogen-bond acceptors (Lipinski definition) is 5. The van der Waals surface area contributed by atoms with Crippen LogP contribution in [0.25, 0.3) is 10.2 Å². The molecule has 4 rings (SSSR count). The van der Waals surface area contributed by atoms with Gasteiger partial charge < -0.3 is 15.0 Å². The summed E-state index contributed by atoms with van der Waals surface area (Å²) < 4.78 is 6.26. The van der Waals surface area contributed by atoms with Gasteiger partial charge >= 0.3 is 0 Å². The lowest BCUT2D eigenvalue weighted by Gasteiger charge is -2.20. The fraction of sp³-hybridized carbons (Fsp3) is 0.286. The number of carbonyl (C=O) groups excluding carboxylic acids is 2. The number of rotatable bonds is 4. The van der Waals surface area contributed by atoms with E-state index in [1.807, 2.05) is 50.2 Å². The molecule has 0 spiro atoms. The van der Waals surface area contributed by atoms with Gasteiger partial charge in [-0.2, -0.15) is 0 Å². The third kappa shape index (κ3) is 3.22. The SMILES string of the molecule is COc1cccc2sc(NC(=O)C3CC(=O)N(c4cccc(C)c4C)C3)nc12. The minimum absolute atomic E-state index is 0.0279. The minimum atomic E-state index is -0.402. The fourth-order valence-corrected chi connectivity index (χ4v) is 4.38. The Morgan fingerprint density at radius 3 is 2.82 bits per heavy atom. The number of anilines is 2. The number of methoxy groups -OCH3 is 1. The maximum atomic E-state index is 12.8. The van der Waals surface area contributed by atoms with Crippen molar-refractivity contribution in [3.05, 3.63) is 47.5 Å². The molecule has 2 aromatic carbocycles. The number of nitrogens with one attached hydrogen (secondary N) is 1. The van der Waals surface area contributed by atoms with E-state index < -0.39 is 5.92 Å². The third-order valence-electron chi connectivity index (χ3n) is 5.19. The molecule has 7 heteroatoms. The first-order chi connectivity index (χ1) is 13.5. The van der Waals surface area contributed by atoms with Crippen LogP contribution in [0.15, 0.2) is 36.4 Å². The molecule has 28 heavy (non-hydrogen) atoms. The molecule has 1 aliphatic rings. The molecule has 3 aromatic rings. The van der Waals surface area contributed by atoms with Crippen LogP contribution in [0.5, 0.6) is 5.75 Å². The molecule has 0 aliphatic carbocycles. The molecule has 1 fully saturated rings. The van der Waals surface area contributed by atoms with E-state index >= 15 is 0 Å². The van der Waals surface area contributed by atoms with Crippen molar-refractivity contribution in [2.24, 2.45) is 5.92 Å². The lowest BCUT2D eigenvalue weighted by atomic mass is 10.1. The summed E-state index contributed by atoms with van der Waals surface area (Å²) in [7, 11) is 1.60. The highest BCUT2D eigenvalue weighted by molar-refractivity contribution is 7.22. The number of aryl methyl sites for hydroxylation is 1. The molecule has 2 amide bonds. The second-order valence-electron chi connectivity index (χ2n) is 6.94. The molecule has 6 nitrogen and oxygen atoms in total. The van der Waals surface area contributed by atoms with Crippen molar-refractivity contribution in [2.75, 3.05) is 23.9 Å². The van der Waals surface area contributed by atoms with Crippen molar-refractivity contribution in [1.82, 2.24) is 4.98 Å². The predicted octanol–water partition coefficient (Wildman–Crippen LogP) is 3.91. The summed E-state index contributed by atoms with van der Waals surface area (Å²) in [4.78, 5) is 31.5. The molecule has 144 valence electrons. The number of benzene rings is 2.